The minimum Gasteiger partial charge on any atom is -0.493 e. The molecule has 27 heavy (non-hydrogen) atoms. The molecule has 0 radical (unpaired) electrons. The molecule has 0 aliphatic rings. The Labute approximate surface area is 161 Å². The zero-order valence-corrected chi connectivity index (χ0v) is 15.8. The van der Waals surface area contributed by atoms with Crippen LogP contribution < -0.4 is 20.1 Å². The first-order valence-corrected chi connectivity index (χ1v) is 8.74. The van der Waals surface area contributed by atoms with Crippen LogP contribution in [0.25, 0.3) is 0 Å². The number of carbonyl (C=O) groups is 1. The third kappa shape index (κ3) is 6.69. The molecule has 0 aliphatic carbocycles. The van der Waals surface area contributed by atoms with Crippen molar-refractivity contribution >= 4 is 17.5 Å². The van der Waals surface area contributed by atoms with E-state index in [1.807, 2.05) is 36.5 Å². The van der Waals surface area contributed by atoms with Crippen molar-refractivity contribution in [1.82, 2.24) is 5.32 Å². The number of benzene rings is 2. The average Bonchev–Trinajstić information content (AvgIpc) is 2.65. The van der Waals surface area contributed by atoms with Crippen LogP contribution >= 0.6 is 11.6 Å². The summed E-state index contributed by atoms with van der Waals surface area (Å²) in [5.74, 6) is 0.000332. The summed E-state index contributed by atoms with van der Waals surface area (Å²) in [7, 11) is 1.36. The van der Waals surface area contributed by atoms with Crippen LogP contribution in [0, 0.1) is 0 Å². The predicted octanol–water partition coefficient (Wildman–Crippen LogP) is 2.89. The Hall–Kier alpha value is -2.38. The maximum atomic E-state index is 12.3. The monoisotopic (exact) mass is 399 g/mol. The van der Waals surface area contributed by atoms with Crippen molar-refractivity contribution in [3.8, 4) is 11.5 Å². The summed E-state index contributed by atoms with van der Waals surface area (Å²) in [5.41, 5.74) is 1.79. The second-order valence-corrected chi connectivity index (χ2v) is 6.36. The molecule has 0 unspecified atom stereocenters. The Balaban J connectivity index is 1.83. The van der Waals surface area contributed by atoms with E-state index < -0.39 is 6.61 Å². The molecule has 2 aromatic carbocycles. The summed E-state index contributed by atoms with van der Waals surface area (Å²) >= 11 is 5.87. The number of hydrogen-bond acceptors (Lipinski definition) is 3. The average molecular weight is 400 g/mol. The maximum absolute atomic E-state index is 12.3. The van der Waals surface area contributed by atoms with E-state index >= 15 is 0 Å². The molecule has 8 heteroatoms. The first kappa shape index (κ1) is 20.9. The summed E-state index contributed by atoms with van der Waals surface area (Å²) in [6, 6.07) is 12.1. The standard InChI is InChI=1S/C19H21ClF2N2O3/c1-12(14-4-6-15(20)7-5-14)23-11-18(25)24-10-13-3-8-16(27-19(21)22)17(9-13)26-2/h3-9,12,19,23H,10-11H2,1-2H3,(H,24,25)/p+1/t12-/m0/s1. The molecule has 2 aromatic rings. The lowest BCUT2D eigenvalue weighted by Gasteiger charge is -2.13. The van der Waals surface area contributed by atoms with E-state index in [9.17, 15) is 13.6 Å². The van der Waals surface area contributed by atoms with E-state index in [0.29, 0.717) is 10.6 Å². The SMILES string of the molecule is COc1cc(CNC(=O)C[NH2+][C@@H](C)c2ccc(Cl)cc2)ccc1OC(F)F. The van der Waals surface area contributed by atoms with Gasteiger partial charge in [-0.1, -0.05) is 29.8 Å². The highest BCUT2D eigenvalue weighted by Crippen LogP contribution is 2.29. The van der Waals surface area contributed by atoms with Gasteiger partial charge in [-0.2, -0.15) is 8.78 Å². The van der Waals surface area contributed by atoms with Crippen molar-refractivity contribution in [2.75, 3.05) is 13.7 Å². The number of alkyl halides is 2. The van der Waals surface area contributed by atoms with Crippen LogP contribution in [-0.4, -0.2) is 26.2 Å². The van der Waals surface area contributed by atoms with Gasteiger partial charge in [-0.25, -0.2) is 0 Å². The third-order valence-corrected chi connectivity index (χ3v) is 4.24. The van der Waals surface area contributed by atoms with Gasteiger partial charge >= 0.3 is 6.61 Å². The number of hydrogen-bond donors (Lipinski definition) is 2. The quantitative estimate of drug-likeness (QED) is 0.681. The summed E-state index contributed by atoms with van der Waals surface area (Å²) < 4.78 is 34.1. The van der Waals surface area contributed by atoms with Crippen molar-refractivity contribution in [2.45, 2.75) is 26.1 Å². The second-order valence-electron chi connectivity index (χ2n) is 5.92. The molecule has 1 atom stereocenters. The number of nitrogens with one attached hydrogen (secondary N) is 1. The molecule has 0 bridgehead atoms. The van der Waals surface area contributed by atoms with Gasteiger partial charge in [0.15, 0.2) is 18.0 Å². The molecular formula is C19H22ClF2N2O3+. The molecule has 0 spiro atoms. The van der Waals surface area contributed by atoms with Crippen molar-refractivity contribution in [1.29, 1.82) is 0 Å². The Kier molecular flexibility index (Phi) is 7.82. The molecule has 0 saturated heterocycles. The minimum atomic E-state index is -2.93. The predicted molar refractivity (Wildman–Crippen MR) is 98.1 cm³/mol. The van der Waals surface area contributed by atoms with E-state index in [0.717, 1.165) is 5.56 Å². The molecule has 2 rings (SSSR count). The van der Waals surface area contributed by atoms with Crippen molar-refractivity contribution in [3.05, 3.63) is 58.6 Å². The van der Waals surface area contributed by atoms with Gasteiger partial charge in [0.2, 0.25) is 0 Å². The summed E-state index contributed by atoms with van der Waals surface area (Å²) in [6.45, 7) is -0.410. The van der Waals surface area contributed by atoms with E-state index in [2.05, 4.69) is 10.1 Å². The van der Waals surface area contributed by atoms with Gasteiger partial charge in [0, 0.05) is 17.1 Å². The van der Waals surface area contributed by atoms with E-state index in [-0.39, 0.29) is 36.5 Å². The third-order valence-electron chi connectivity index (χ3n) is 3.99. The number of amides is 1. The van der Waals surface area contributed by atoms with Crippen molar-refractivity contribution < 1.29 is 28.4 Å². The Morgan fingerprint density at radius 1 is 1.19 bits per heavy atom. The molecule has 0 aliphatic heterocycles. The number of carbonyl (C=O) groups excluding carboxylic acids is 1. The van der Waals surface area contributed by atoms with Gasteiger partial charge in [0.05, 0.1) is 7.11 Å². The molecule has 1 amide bonds. The van der Waals surface area contributed by atoms with Crippen LogP contribution in [0.3, 0.4) is 0 Å². The van der Waals surface area contributed by atoms with E-state index in [4.69, 9.17) is 16.3 Å². The maximum Gasteiger partial charge on any atom is 0.387 e. The van der Waals surface area contributed by atoms with Crippen molar-refractivity contribution in [3.63, 3.8) is 0 Å². The van der Waals surface area contributed by atoms with Crippen LogP contribution in [0.2, 0.25) is 5.02 Å². The fourth-order valence-corrected chi connectivity index (χ4v) is 2.60. The largest absolute Gasteiger partial charge is 0.493 e. The Bertz CT molecular complexity index is 757. The lowest BCUT2D eigenvalue weighted by atomic mass is 10.1. The number of nitrogens with two attached hydrogens (primary N) is 1. The van der Waals surface area contributed by atoms with Crippen LogP contribution in [0.1, 0.15) is 24.1 Å². The molecular weight excluding hydrogens is 378 g/mol. The molecule has 3 N–H and O–H groups in total. The Morgan fingerprint density at radius 2 is 1.89 bits per heavy atom. The highest BCUT2D eigenvalue weighted by atomic mass is 35.5. The number of methoxy groups -OCH3 is 1. The topological polar surface area (TPSA) is 64.2 Å². The first-order valence-electron chi connectivity index (χ1n) is 8.36. The van der Waals surface area contributed by atoms with Crippen LogP contribution in [0.5, 0.6) is 11.5 Å². The summed E-state index contributed by atoms with van der Waals surface area (Å²) in [5, 5.41) is 5.38. The smallest absolute Gasteiger partial charge is 0.387 e. The molecule has 0 heterocycles. The second kappa shape index (κ2) is 10.1. The fraction of sp³-hybridized carbons (Fsp3) is 0.316. The van der Waals surface area contributed by atoms with Crippen molar-refractivity contribution in [2.24, 2.45) is 0 Å². The zero-order valence-electron chi connectivity index (χ0n) is 15.0. The van der Waals surface area contributed by atoms with E-state index in [1.165, 1.54) is 13.2 Å². The molecule has 5 nitrogen and oxygen atoms in total. The van der Waals surface area contributed by atoms with Gasteiger partial charge in [0.25, 0.3) is 5.91 Å². The number of quaternary nitrogens is 1. The van der Waals surface area contributed by atoms with Crippen LogP contribution in [0.4, 0.5) is 8.78 Å². The zero-order chi connectivity index (χ0) is 19.8. The normalized spacial score (nSPS) is 11.9. The fourth-order valence-electron chi connectivity index (χ4n) is 2.47. The summed E-state index contributed by atoms with van der Waals surface area (Å²) in [6.07, 6.45) is 0. The lowest BCUT2D eigenvalue weighted by molar-refractivity contribution is -0.682. The van der Waals surface area contributed by atoms with Gasteiger partial charge in [0.1, 0.15) is 6.04 Å². The highest BCUT2D eigenvalue weighted by Gasteiger charge is 2.13. The molecule has 146 valence electrons. The number of halogens is 3. The summed E-state index contributed by atoms with van der Waals surface area (Å²) in [4.78, 5) is 12.1. The lowest BCUT2D eigenvalue weighted by Crippen LogP contribution is -2.87. The van der Waals surface area contributed by atoms with Gasteiger partial charge < -0.3 is 20.1 Å². The first-order chi connectivity index (χ1) is 12.9. The molecule has 0 saturated carbocycles. The molecule has 0 aromatic heterocycles. The van der Waals surface area contributed by atoms with Gasteiger partial charge in [-0.05, 0) is 36.8 Å². The van der Waals surface area contributed by atoms with Gasteiger partial charge in [-0.15, -0.1) is 0 Å². The van der Waals surface area contributed by atoms with Crippen LogP contribution in [-0.2, 0) is 11.3 Å². The Morgan fingerprint density at radius 3 is 2.52 bits per heavy atom. The van der Waals surface area contributed by atoms with Gasteiger partial charge in [-0.3, -0.25) is 4.79 Å². The highest BCUT2D eigenvalue weighted by molar-refractivity contribution is 6.30. The number of ether oxygens (including phenoxy) is 2. The minimum absolute atomic E-state index is 0.0484. The van der Waals surface area contributed by atoms with E-state index in [1.54, 1.807) is 12.1 Å². The van der Waals surface area contributed by atoms with Crippen LogP contribution in [0.15, 0.2) is 42.5 Å². The number of rotatable bonds is 9. The molecule has 0 fully saturated rings.